The summed E-state index contributed by atoms with van der Waals surface area (Å²) in [6.07, 6.45) is 6.15. The quantitative estimate of drug-likeness (QED) is 0.429. The van der Waals surface area contributed by atoms with Crippen LogP contribution in [0.25, 0.3) is 22.1 Å². The molecule has 2 aliphatic heterocycles. The molecular formula is C27H34N6. The standard InChI is InChI=1S/C27H34N6/c1-30-22-12-5-3-10-20(22)28-26(30)24-14-7-16-32(24)18-9-19-33-17-8-15-25(33)27-29-21-11-4-6-13-23(21)31(27)2/h3-6,10-13,24-25H,7-9,14-19H2,1-2H3. The first-order valence-corrected chi connectivity index (χ1v) is 12.5. The highest BCUT2D eigenvalue weighted by molar-refractivity contribution is 5.76. The van der Waals surface area contributed by atoms with Gasteiger partial charge in [-0.25, -0.2) is 9.97 Å². The molecule has 4 heterocycles. The van der Waals surface area contributed by atoms with E-state index in [0.717, 1.165) is 24.1 Å². The van der Waals surface area contributed by atoms with Crippen molar-refractivity contribution < 1.29 is 0 Å². The third-order valence-electron chi connectivity index (χ3n) is 7.86. The molecule has 2 saturated heterocycles. The first-order chi connectivity index (χ1) is 16.2. The summed E-state index contributed by atoms with van der Waals surface area (Å²) >= 11 is 0. The number of rotatable bonds is 6. The van der Waals surface area contributed by atoms with Crippen LogP contribution in [-0.2, 0) is 14.1 Å². The average Bonchev–Trinajstić information content (AvgIpc) is 3.61. The van der Waals surface area contributed by atoms with Crippen molar-refractivity contribution in [2.45, 2.75) is 44.2 Å². The van der Waals surface area contributed by atoms with Gasteiger partial charge in [-0.1, -0.05) is 24.3 Å². The normalized spacial score (nSPS) is 22.2. The van der Waals surface area contributed by atoms with Crippen LogP contribution in [0.3, 0.4) is 0 Å². The van der Waals surface area contributed by atoms with Crippen molar-refractivity contribution >= 4 is 22.1 Å². The molecular weight excluding hydrogens is 408 g/mol. The first kappa shape index (κ1) is 20.9. The zero-order valence-electron chi connectivity index (χ0n) is 19.8. The number of para-hydroxylation sites is 4. The molecule has 2 aromatic heterocycles. The topological polar surface area (TPSA) is 42.1 Å². The minimum absolute atomic E-state index is 0.441. The number of nitrogens with zero attached hydrogens (tertiary/aromatic N) is 6. The molecule has 6 nitrogen and oxygen atoms in total. The first-order valence-electron chi connectivity index (χ1n) is 12.5. The molecule has 6 rings (SSSR count). The maximum absolute atomic E-state index is 5.01. The smallest absolute Gasteiger partial charge is 0.127 e. The van der Waals surface area contributed by atoms with Gasteiger partial charge < -0.3 is 9.13 Å². The van der Waals surface area contributed by atoms with E-state index in [1.807, 2.05) is 0 Å². The molecule has 4 aromatic rings. The Morgan fingerprint density at radius 1 is 0.697 bits per heavy atom. The summed E-state index contributed by atoms with van der Waals surface area (Å²) in [5.74, 6) is 2.46. The molecule has 2 unspecified atom stereocenters. The number of benzene rings is 2. The molecule has 2 aromatic carbocycles. The highest BCUT2D eigenvalue weighted by Crippen LogP contribution is 2.35. The highest BCUT2D eigenvalue weighted by Gasteiger charge is 2.32. The number of hydrogen-bond donors (Lipinski definition) is 0. The van der Waals surface area contributed by atoms with Crippen molar-refractivity contribution in [3.63, 3.8) is 0 Å². The fourth-order valence-corrected chi connectivity index (χ4v) is 6.17. The summed E-state index contributed by atoms with van der Waals surface area (Å²) in [5.41, 5.74) is 4.71. The maximum atomic E-state index is 5.01. The number of aryl methyl sites for hydroxylation is 2. The summed E-state index contributed by atoms with van der Waals surface area (Å²) in [7, 11) is 4.35. The lowest BCUT2D eigenvalue weighted by Crippen LogP contribution is -2.31. The Balaban J connectivity index is 1.13. The molecule has 2 fully saturated rings. The van der Waals surface area contributed by atoms with Gasteiger partial charge in [-0.2, -0.15) is 0 Å². The zero-order chi connectivity index (χ0) is 22.4. The lowest BCUT2D eigenvalue weighted by molar-refractivity contribution is 0.200. The minimum Gasteiger partial charge on any atom is -0.330 e. The molecule has 2 aliphatic rings. The van der Waals surface area contributed by atoms with Crippen LogP contribution in [0.2, 0.25) is 0 Å². The van der Waals surface area contributed by atoms with E-state index < -0.39 is 0 Å². The number of likely N-dealkylation sites (tertiary alicyclic amines) is 2. The number of imidazole rings is 2. The SMILES string of the molecule is Cn1c(C2CCCN2CCCN2CCCC2c2nc3ccccc3n2C)nc2ccccc21. The fourth-order valence-electron chi connectivity index (χ4n) is 6.17. The van der Waals surface area contributed by atoms with Gasteiger partial charge >= 0.3 is 0 Å². The average molecular weight is 443 g/mol. The Morgan fingerprint density at radius 3 is 1.61 bits per heavy atom. The summed E-state index contributed by atoms with van der Waals surface area (Å²) in [6, 6.07) is 17.9. The molecule has 0 radical (unpaired) electrons. The number of hydrogen-bond acceptors (Lipinski definition) is 4. The number of fused-ring (bicyclic) bond motifs is 2. The number of aromatic nitrogens is 4. The molecule has 0 aliphatic carbocycles. The largest absolute Gasteiger partial charge is 0.330 e. The Bertz CT molecular complexity index is 1170. The van der Waals surface area contributed by atoms with Gasteiger partial charge in [0.25, 0.3) is 0 Å². The van der Waals surface area contributed by atoms with E-state index in [1.165, 1.54) is 67.9 Å². The van der Waals surface area contributed by atoms with Crippen molar-refractivity contribution in [3.8, 4) is 0 Å². The van der Waals surface area contributed by atoms with Crippen LogP contribution in [0.5, 0.6) is 0 Å². The van der Waals surface area contributed by atoms with Crippen LogP contribution >= 0.6 is 0 Å². The van der Waals surface area contributed by atoms with E-state index in [4.69, 9.17) is 9.97 Å². The van der Waals surface area contributed by atoms with Crippen LogP contribution in [0.4, 0.5) is 0 Å². The van der Waals surface area contributed by atoms with Crippen LogP contribution in [-0.4, -0.2) is 55.1 Å². The third kappa shape index (κ3) is 3.65. The van der Waals surface area contributed by atoms with Crippen molar-refractivity contribution in [3.05, 3.63) is 60.2 Å². The van der Waals surface area contributed by atoms with Gasteiger partial charge in [0.1, 0.15) is 11.6 Å². The third-order valence-corrected chi connectivity index (χ3v) is 7.86. The van der Waals surface area contributed by atoms with E-state index in [2.05, 4.69) is 81.6 Å². The van der Waals surface area contributed by atoms with Gasteiger partial charge in [0.15, 0.2) is 0 Å². The predicted octanol–water partition coefficient (Wildman–Crippen LogP) is 4.82. The lowest BCUT2D eigenvalue weighted by atomic mass is 10.2. The molecule has 0 saturated carbocycles. The van der Waals surface area contributed by atoms with E-state index in [1.54, 1.807) is 0 Å². The fraction of sp³-hybridized carbons (Fsp3) is 0.481. The molecule has 0 spiro atoms. The Morgan fingerprint density at radius 2 is 1.15 bits per heavy atom. The monoisotopic (exact) mass is 442 g/mol. The molecule has 0 amide bonds. The molecule has 172 valence electrons. The minimum atomic E-state index is 0.441. The molecule has 33 heavy (non-hydrogen) atoms. The molecule has 6 heteroatoms. The van der Waals surface area contributed by atoms with Gasteiger partial charge in [-0.05, 0) is 69.5 Å². The second kappa shape index (κ2) is 8.58. The van der Waals surface area contributed by atoms with Gasteiger partial charge in [0, 0.05) is 27.2 Å². The van der Waals surface area contributed by atoms with Gasteiger partial charge in [-0.15, -0.1) is 0 Å². The highest BCUT2D eigenvalue weighted by atomic mass is 15.2. The molecule has 0 N–H and O–H groups in total. The van der Waals surface area contributed by atoms with E-state index in [9.17, 15) is 0 Å². The predicted molar refractivity (Wildman–Crippen MR) is 133 cm³/mol. The van der Waals surface area contributed by atoms with Gasteiger partial charge in [0.05, 0.1) is 34.2 Å². The van der Waals surface area contributed by atoms with Crippen molar-refractivity contribution in [1.82, 2.24) is 28.9 Å². The van der Waals surface area contributed by atoms with Crippen molar-refractivity contribution in [2.24, 2.45) is 14.1 Å². The zero-order valence-corrected chi connectivity index (χ0v) is 19.8. The van der Waals surface area contributed by atoms with Crippen molar-refractivity contribution in [1.29, 1.82) is 0 Å². The van der Waals surface area contributed by atoms with E-state index >= 15 is 0 Å². The van der Waals surface area contributed by atoms with Crippen LogP contribution in [0.1, 0.15) is 55.8 Å². The molecule has 2 atom stereocenters. The second-order valence-corrected chi connectivity index (χ2v) is 9.78. The maximum Gasteiger partial charge on any atom is 0.127 e. The van der Waals surface area contributed by atoms with Crippen LogP contribution < -0.4 is 0 Å². The Kier molecular flexibility index (Phi) is 5.43. The summed E-state index contributed by atoms with van der Waals surface area (Å²) < 4.78 is 4.61. The Hall–Kier alpha value is -2.70. The summed E-state index contributed by atoms with van der Waals surface area (Å²) in [4.78, 5) is 15.4. The summed E-state index contributed by atoms with van der Waals surface area (Å²) in [5, 5.41) is 0. The second-order valence-electron chi connectivity index (χ2n) is 9.78. The summed E-state index contributed by atoms with van der Waals surface area (Å²) in [6.45, 7) is 4.64. The van der Waals surface area contributed by atoms with E-state index in [-0.39, 0.29) is 0 Å². The van der Waals surface area contributed by atoms with Gasteiger partial charge in [0.2, 0.25) is 0 Å². The van der Waals surface area contributed by atoms with E-state index in [0.29, 0.717) is 12.1 Å². The molecule has 0 bridgehead atoms. The van der Waals surface area contributed by atoms with Crippen LogP contribution in [0, 0.1) is 0 Å². The Labute approximate surface area is 195 Å². The van der Waals surface area contributed by atoms with Crippen molar-refractivity contribution in [2.75, 3.05) is 26.2 Å². The lowest BCUT2D eigenvalue weighted by Gasteiger charge is -2.27. The van der Waals surface area contributed by atoms with Gasteiger partial charge in [-0.3, -0.25) is 9.80 Å². The van der Waals surface area contributed by atoms with Crippen LogP contribution in [0.15, 0.2) is 48.5 Å².